The van der Waals surface area contributed by atoms with E-state index in [9.17, 15) is 0 Å². The van der Waals surface area contributed by atoms with Gasteiger partial charge in [0.1, 0.15) is 0 Å². The standard InChI is InChI=1S/C17H23BN2.2C2H6/c1-18(2)14-6-8-16(9-7-14)20(5)17-12-10-15(11-13-17)19(3)4;2*1-2/h6-13H,1-5H3;2*1-2H3. The number of nitrogens with zero attached hydrogens (tertiary/aromatic N) is 2. The Morgan fingerprint density at radius 2 is 0.917 bits per heavy atom. The Hall–Kier alpha value is -1.90. The summed E-state index contributed by atoms with van der Waals surface area (Å²) in [7, 11) is 6.22. The molecule has 3 heteroatoms. The van der Waals surface area contributed by atoms with Crippen molar-refractivity contribution in [2.75, 3.05) is 30.9 Å². The molecular weight excluding hydrogens is 291 g/mol. The summed E-state index contributed by atoms with van der Waals surface area (Å²) in [5, 5.41) is 0. The van der Waals surface area contributed by atoms with Crippen molar-refractivity contribution in [3.05, 3.63) is 48.5 Å². The van der Waals surface area contributed by atoms with Crippen LogP contribution in [0.3, 0.4) is 0 Å². The van der Waals surface area contributed by atoms with Gasteiger partial charge in [0, 0.05) is 38.2 Å². The first-order valence-electron chi connectivity index (χ1n) is 9.10. The van der Waals surface area contributed by atoms with Gasteiger partial charge < -0.3 is 9.80 Å². The molecule has 0 saturated heterocycles. The van der Waals surface area contributed by atoms with Crippen molar-refractivity contribution in [3.63, 3.8) is 0 Å². The van der Waals surface area contributed by atoms with Crippen molar-refractivity contribution in [1.82, 2.24) is 0 Å². The maximum absolute atomic E-state index is 2.22. The second kappa shape index (κ2) is 11.6. The van der Waals surface area contributed by atoms with Crippen molar-refractivity contribution in [2.45, 2.75) is 41.3 Å². The van der Waals surface area contributed by atoms with Crippen molar-refractivity contribution in [3.8, 4) is 0 Å². The van der Waals surface area contributed by atoms with Crippen LogP contribution in [0.5, 0.6) is 0 Å². The normalized spacial score (nSPS) is 9.04. The van der Waals surface area contributed by atoms with Crippen LogP contribution in [0.4, 0.5) is 17.1 Å². The van der Waals surface area contributed by atoms with Crippen molar-refractivity contribution in [2.24, 2.45) is 0 Å². The Balaban J connectivity index is 0.00000123. The lowest BCUT2D eigenvalue weighted by Crippen LogP contribution is -2.22. The maximum atomic E-state index is 2.22. The van der Waals surface area contributed by atoms with Crippen LogP contribution in [-0.4, -0.2) is 27.9 Å². The summed E-state index contributed by atoms with van der Waals surface area (Å²) in [5.41, 5.74) is 5.02. The predicted molar refractivity (Wildman–Crippen MR) is 115 cm³/mol. The number of benzene rings is 2. The van der Waals surface area contributed by atoms with Crippen molar-refractivity contribution in [1.29, 1.82) is 0 Å². The molecule has 0 N–H and O–H groups in total. The summed E-state index contributed by atoms with van der Waals surface area (Å²) in [6.07, 6.45) is 0. The SMILES string of the molecule is CB(C)c1ccc(N(C)c2ccc(N(C)C)cc2)cc1.CC.CC. The third-order valence-corrected chi connectivity index (χ3v) is 3.70. The number of anilines is 3. The highest BCUT2D eigenvalue weighted by Gasteiger charge is 2.06. The van der Waals surface area contributed by atoms with Crippen LogP contribution in [0.25, 0.3) is 0 Å². The van der Waals surface area contributed by atoms with Gasteiger partial charge in [-0.25, -0.2) is 0 Å². The first-order chi connectivity index (χ1) is 11.5. The number of rotatable bonds is 4. The lowest BCUT2D eigenvalue weighted by atomic mass is 9.49. The van der Waals surface area contributed by atoms with Crippen LogP contribution in [0, 0.1) is 0 Å². The van der Waals surface area contributed by atoms with Crippen molar-refractivity contribution >= 4 is 29.2 Å². The predicted octanol–water partition coefficient (Wildman–Crippen LogP) is 5.53. The summed E-state index contributed by atoms with van der Waals surface area (Å²) in [5.74, 6) is 0. The van der Waals surface area contributed by atoms with Crippen LogP contribution in [-0.2, 0) is 0 Å². The Kier molecular flexibility index (Phi) is 10.7. The molecule has 0 amide bonds. The van der Waals surface area contributed by atoms with Gasteiger partial charge in [-0.1, -0.05) is 58.9 Å². The minimum absolute atomic E-state index is 0.578. The monoisotopic (exact) mass is 326 g/mol. The Bertz CT molecular complexity index is 494. The van der Waals surface area contributed by atoms with Gasteiger partial charge in [-0.2, -0.15) is 0 Å². The average Bonchev–Trinajstić information content (AvgIpc) is 2.64. The van der Waals surface area contributed by atoms with Crippen LogP contribution < -0.4 is 15.3 Å². The van der Waals surface area contributed by atoms with E-state index in [1.54, 1.807) is 0 Å². The Labute approximate surface area is 150 Å². The molecule has 2 aromatic rings. The summed E-state index contributed by atoms with van der Waals surface area (Å²) >= 11 is 0. The van der Waals surface area contributed by atoms with Crippen molar-refractivity contribution < 1.29 is 0 Å². The van der Waals surface area contributed by atoms with Crippen LogP contribution >= 0.6 is 0 Å². The van der Waals surface area contributed by atoms with E-state index in [0.717, 1.165) is 0 Å². The molecular formula is C21H35BN2. The van der Waals surface area contributed by atoms with Gasteiger partial charge in [-0.15, -0.1) is 0 Å². The van der Waals surface area contributed by atoms with Crippen LogP contribution in [0.15, 0.2) is 48.5 Å². The molecule has 2 nitrogen and oxygen atoms in total. The lowest BCUT2D eigenvalue weighted by molar-refractivity contribution is 1.13. The fraction of sp³-hybridized carbons (Fsp3) is 0.429. The molecule has 0 unspecified atom stereocenters. The molecule has 2 rings (SSSR count). The molecule has 0 bridgehead atoms. The van der Waals surface area contributed by atoms with E-state index in [1.165, 1.54) is 22.5 Å². The zero-order valence-electron chi connectivity index (χ0n) is 17.1. The van der Waals surface area contributed by atoms with Gasteiger partial charge in [0.25, 0.3) is 0 Å². The Morgan fingerprint density at radius 1 is 0.583 bits per heavy atom. The summed E-state index contributed by atoms with van der Waals surface area (Å²) in [6.45, 7) is 13.0. The lowest BCUT2D eigenvalue weighted by Gasteiger charge is -2.21. The minimum atomic E-state index is 0.578. The highest BCUT2D eigenvalue weighted by Crippen LogP contribution is 2.24. The minimum Gasteiger partial charge on any atom is -0.378 e. The zero-order chi connectivity index (χ0) is 18.7. The molecule has 0 aliphatic heterocycles. The topological polar surface area (TPSA) is 6.48 Å². The molecule has 0 saturated carbocycles. The van der Waals surface area contributed by atoms with E-state index < -0.39 is 0 Å². The third kappa shape index (κ3) is 6.31. The summed E-state index contributed by atoms with van der Waals surface area (Å²) in [6, 6.07) is 17.4. The van der Waals surface area contributed by atoms with Gasteiger partial charge in [0.15, 0.2) is 6.71 Å². The zero-order valence-corrected chi connectivity index (χ0v) is 17.1. The quantitative estimate of drug-likeness (QED) is 0.681. The molecule has 0 aliphatic rings. The maximum Gasteiger partial charge on any atom is 0.169 e. The van der Waals surface area contributed by atoms with E-state index in [-0.39, 0.29) is 0 Å². The van der Waals surface area contributed by atoms with Gasteiger partial charge >= 0.3 is 0 Å². The smallest absolute Gasteiger partial charge is 0.169 e. The molecule has 24 heavy (non-hydrogen) atoms. The fourth-order valence-corrected chi connectivity index (χ4v) is 2.21. The number of hydrogen-bond acceptors (Lipinski definition) is 2. The highest BCUT2D eigenvalue weighted by atomic mass is 15.1. The first kappa shape index (κ1) is 22.1. The van der Waals surface area contributed by atoms with E-state index in [2.05, 4.69) is 93.1 Å². The van der Waals surface area contributed by atoms with Gasteiger partial charge in [-0.05, 0) is 36.4 Å². The van der Waals surface area contributed by atoms with Crippen LogP contribution in [0.1, 0.15) is 27.7 Å². The van der Waals surface area contributed by atoms with Gasteiger partial charge in [0.2, 0.25) is 0 Å². The molecule has 0 aromatic heterocycles. The van der Waals surface area contributed by atoms with Gasteiger partial charge in [0.05, 0.1) is 0 Å². The number of hydrogen-bond donors (Lipinski definition) is 0. The molecule has 0 heterocycles. The second-order valence-electron chi connectivity index (χ2n) is 5.72. The van der Waals surface area contributed by atoms with E-state index in [0.29, 0.717) is 6.71 Å². The fourth-order valence-electron chi connectivity index (χ4n) is 2.21. The van der Waals surface area contributed by atoms with Crippen LogP contribution in [0.2, 0.25) is 13.6 Å². The van der Waals surface area contributed by atoms with E-state index in [1.807, 2.05) is 27.7 Å². The molecule has 0 radical (unpaired) electrons. The molecule has 0 fully saturated rings. The molecule has 132 valence electrons. The first-order valence-corrected chi connectivity index (χ1v) is 9.10. The van der Waals surface area contributed by atoms with Gasteiger partial charge in [-0.3, -0.25) is 0 Å². The molecule has 0 atom stereocenters. The molecule has 0 spiro atoms. The third-order valence-electron chi connectivity index (χ3n) is 3.70. The average molecular weight is 326 g/mol. The molecule has 2 aromatic carbocycles. The van der Waals surface area contributed by atoms with E-state index >= 15 is 0 Å². The Morgan fingerprint density at radius 3 is 1.25 bits per heavy atom. The largest absolute Gasteiger partial charge is 0.378 e. The second-order valence-corrected chi connectivity index (χ2v) is 5.72. The molecule has 0 aliphatic carbocycles. The summed E-state index contributed by atoms with van der Waals surface area (Å²) < 4.78 is 0. The highest BCUT2D eigenvalue weighted by molar-refractivity contribution is 6.70. The summed E-state index contributed by atoms with van der Waals surface area (Å²) in [4.78, 5) is 4.32. The van der Waals surface area contributed by atoms with E-state index in [4.69, 9.17) is 0 Å².